The number of aliphatic hydroxyl groups is 1. The molecule has 2 amide bonds. The highest BCUT2D eigenvalue weighted by atomic mass is 32.2. The lowest BCUT2D eigenvalue weighted by atomic mass is 10.2. The summed E-state index contributed by atoms with van der Waals surface area (Å²) in [5.41, 5.74) is 1.70. The minimum atomic E-state index is -3.27. The van der Waals surface area contributed by atoms with Gasteiger partial charge in [0.05, 0.1) is 37.3 Å². The van der Waals surface area contributed by atoms with Crippen LogP contribution in [0.1, 0.15) is 19.5 Å². The van der Waals surface area contributed by atoms with Crippen LogP contribution in [0.2, 0.25) is 0 Å². The number of urea groups is 1. The number of carbonyl (C=O) groups excluding carboxylic acids is 1. The molecule has 0 bridgehead atoms. The summed E-state index contributed by atoms with van der Waals surface area (Å²) in [6, 6.07) is 8.38. The quantitative estimate of drug-likeness (QED) is 0.535. The summed E-state index contributed by atoms with van der Waals surface area (Å²) in [5, 5.41) is 14.0. The van der Waals surface area contributed by atoms with E-state index in [9.17, 15) is 13.2 Å². The Bertz CT molecular complexity index is 1030. The molecule has 0 aliphatic carbocycles. The number of rotatable bonds is 8. The highest BCUT2D eigenvalue weighted by Gasteiger charge is 2.23. The average Bonchev–Trinajstić information content (AvgIpc) is 2.78. The molecular weight excluding hydrogens is 434 g/mol. The van der Waals surface area contributed by atoms with Crippen molar-refractivity contribution in [1.29, 1.82) is 0 Å². The Morgan fingerprint density at radius 1 is 1.28 bits per heavy atom. The van der Waals surface area contributed by atoms with Crippen molar-refractivity contribution in [2.24, 2.45) is 0 Å². The summed E-state index contributed by atoms with van der Waals surface area (Å²) < 4.78 is 30.0. The molecule has 1 fully saturated rings. The van der Waals surface area contributed by atoms with Crippen molar-refractivity contribution < 1.29 is 23.1 Å². The van der Waals surface area contributed by atoms with Crippen molar-refractivity contribution in [2.75, 3.05) is 48.9 Å². The van der Waals surface area contributed by atoms with Gasteiger partial charge in [0.15, 0.2) is 15.7 Å². The van der Waals surface area contributed by atoms with E-state index in [0.29, 0.717) is 48.3 Å². The number of hydrogen-bond donors (Lipinski definition) is 3. The molecule has 1 atom stereocenters. The number of morpholine rings is 1. The van der Waals surface area contributed by atoms with Gasteiger partial charge in [-0.1, -0.05) is 6.92 Å². The number of nitrogens with zero attached hydrogens (tertiary/aromatic N) is 3. The first kappa shape index (κ1) is 23.9. The Morgan fingerprint density at radius 2 is 2.03 bits per heavy atom. The molecule has 2 aromatic rings. The zero-order chi connectivity index (χ0) is 23.1. The highest BCUT2D eigenvalue weighted by Crippen LogP contribution is 2.25. The molecule has 10 nitrogen and oxygen atoms in total. The van der Waals surface area contributed by atoms with Gasteiger partial charge in [-0.3, -0.25) is 0 Å². The van der Waals surface area contributed by atoms with Gasteiger partial charge in [0, 0.05) is 36.2 Å². The van der Waals surface area contributed by atoms with E-state index in [1.807, 2.05) is 6.92 Å². The molecule has 3 rings (SSSR count). The second kappa shape index (κ2) is 10.7. The minimum Gasteiger partial charge on any atom is -0.395 e. The number of aromatic nitrogens is 2. The van der Waals surface area contributed by atoms with Gasteiger partial charge in [-0.2, -0.15) is 0 Å². The normalized spacial score (nSPS) is 16.6. The summed E-state index contributed by atoms with van der Waals surface area (Å²) in [6.45, 7) is 5.47. The number of sulfone groups is 1. The van der Waals surface area contributed by atoms with Gasteiger partial charge >= 0.3 is 6.03 Å². The maximum atomic E-state index is 12.2. The standard InChI is InChI=1S/C21H29N5O5S/c1-3-32(29,30)14-18-12-19(26-9-11-31-13-15(26)2)25-20(23-18)16-4-6-17(7-5-16)24-21(28)22-8-10-27/h4-7,12,15,27H,3,8-11,13-14H2,1-2H3,(H2,22,24,28)/t15-/m0/s1. The van der Waals surface area contributed by atoms with Gasteiger partial charge in [0.2, 0.25) is 0 Å². The molecule has 3 N–H and O–H groups in total. The fourth-order valence-corrected chi connectivity index (χ4v) is 4.08. The van der Waals surface area contributed by atoms with Gasteiger partial charge in [0.1, 0.15) is 5.82 Å². The molecule has 0 unspecified atom stereocenters. The monoisotopic (exact) mass is 463 g/mol. The number of benzene rings is 1. The van der Waals surface area contributed by atoms with Gasteiger partial charge < -0.3 is 25.4 Å². The van der Waals surface area contributed by atoms with E-state index in [-0.39, 0.29) is 30.7 Å². The van der Waals surface area contributed by atoms with Gasteiger partial charge in [-0.15, -0.1) is 0 Å². The van der Waals surface area contributed by atoms with Gasteiger partial charge in [-0.05, 0) is 31.2 Å². The van der Waals surface area contributed by atoms with Crippen LogP contribution in [0.3, 0.4) is 0 Å². The summed E-state index contributed by atoms with van der Waals surface area (Å²) in [6.07, 6.45) is 0. The maximum Gasteiger partial charge on any atom is 0.319 e. The Morgan fingerprint density at radius 3 is 2.69 bits per heavy atom. The largest absolute Gasteiger partial charge is 0.395 e. The molecule has 0 spiro atoms. The van der Waals surface area contributed by atoms with Crippen LogP contribution in [0.25, 0.3) is 11.4 Å². The van der Waals surface area contributed by atoms with E-state index >= 15 is 0 Å². The third-order valence-electron chi connectivity index (χ3n) is 5.03. The molecule has 1 saturated heterocycles. The third-order valence-corrected chi connectivity index (χ3v) is 6.65. The maximum absolute atomic E-state index is 12.2. The molecular formula is C21H29N5O5S. The van der Waals surface area contributed by atoms with Crippen molar-refractivity contribution >= 4 is 27.4 Å². The second-order valence-electron chi connectivity index (χ2n) is 7.52. The predicted molar refractivity (Wildman–Crippen MR) is 122 cm³/mol. The van der Waals surface area contributed by atoms with E-state index in [1.54, 1.807) is 37.3 Å². The molecule has 1 aliphatic rings. The van der Waals surface area contributed by atoms with Crippen LogP contribution in [0, 0.1) is 0 Å². The van der Waals surface area contributed by atoms with Gasteiger partial charge in [-0.25, -0.2) is 23.2 Å². The van der Waals surface area contributed by atoms with Crippen LogP contribution in [0.5, 0.6) is 0 Å². The van der Waals surface area contributed by atoms with Gasteiger partial charge in [0.25, 0.3) is 0 Å². The van der Waals surface area contributed by atoms with Crippen molar-refractivity contribution in [3.63, 3.8) is 0 Å². The van der Waals surface area contributed by atoms with Crippen LogP contribution in [0.4, 0.5) is 16.3 Å². The molecule has 11 heteroatoms. The van der Waals surface area contributed by atoms with Crippen LogP contribution in [0.15, 0.2) is 30.3 Å². The van der Waals surface area contributed by atoms with Crippen molar-refractivity contribution in [1.82, 2.24) is 15.3 Å². The molecule has 1 aromatic carbocycles. The molecule has 32 heavy (non-hydrogen) atoms. The summed E-state index contributed by atoms with van der Waals surface area (Å²) in [7, 11) is -3.27. The molecule has 0 saturated carbocycles. The van der Waals surface area contributed by atoms with E-state index < -0.39 is 15.9 Å². The fraction of sp³-hybridized carbons (Fsp3) is 0.476. The number of carbonyl (C=O) groups is 1. The van der Waals surface area contributed by atoms with E-state index in [2.05, 4.69) is 20.5 Å². The summed E-state index contributed by atoms with van der Waals surface area (Å²) in [5.74, 6) is 0.959. The number of nitrogens with one attached hydrogen (secondary N) is 2. The Labute approximate surface area is 187 Å². The number of anilines is 2. The molecule has 1 aromatic heterocycles. The topological polar surface area (TPSA) is 134 Å². The zero-order valence-corrected chi connectivity index (χ0v) is 19.1. The van der Waals surface area contributed by atoms with Crippen LogP contribution >= 0.6 is 0 Å². The number of hydrogen-bond acceptors (Lipinski definition) is 8. The minimum absolute atomic E-state index is 0.0360. The Kier molecular flexibility index (Phi) is 7.99. The first-order valence-electron chi connectivity index (χ1n) is 10.5. The second-order valence-corrected chi connectivity index (χ2v) is 9.87. The van der Waals surface area contributed by atoms with E-state index in [4.69, 9.17) is 14.8 Å². The lowest BCUT2D eigenvalue weighted by molar-refractivity contribution is 0.0985. The van der Waals surface area contributed by atoms with E-state index in [0.717, 1.165) is 0 Å². The zero-order valence-electron chi connectivity index (χ0n) is 18.2. The summed E-state index contributed by atoms with van der Waals surface area (Å²) >= 11 is 0. The molecule has 174 valence electrons. The lowest BCUT2D eigenvalue weighted by Crippen LogP contribution is -2.44. The number of amides is 2. The van der Waals surface area contributed by atoms with E-state index in [1.165, 1.54) is 0 Å². The number of ether oxygens (including phenoxy) is 1. The predicted octanol–water partition coefficient (Wildman–Crippen LogP) is 1.42. The Balaban J connectivity index is 1.90. The Hall–Kier alpha value is -2.76. The summed E-state index contributed by atoms with van der Waals surface area (Å²) in [4.78, 5) is 23.1. The van der Waals surface area contributed by atoms with Crippen molar-refractivity contribution in [3.05, 3.63) is 36.0 Å². The first-order valence-corrected chi connectivity index (χ1v) is 12.3. The van der Waals surface area contributed by atoms with Crippen LogP contribution in [-0.2, 0) is 20.3 Å². The molecule has 1 aliphatic heterocycles. The van der Waals surface area contributed by atoms with Crippen molar-refractivity contribution in [2.45, 2.75) is 25.6 Å². The first-order chi connectivity index (χ1) is 15.3. The highest BCUT2D eigenvalue weighted by molar-refractivity contribution is 7.90. The average molecular weight is 464 g/mol. The SMILES string of the molecule is CCS(=O)(=O)Cc1cc(N2CCOC[C@@H]2C)nc(-c2ccc(NC(=O)NCCO)cc2)n1. The molecule has 2 heterocycles. The third kappa shape index (κ3) is 6.38. The van der Waals surface area contributed by atoms with Crippen LogP contribution in [-0.4, -0.2) is 74.2 Å². The smallest absolute Gasteiger partial charge is 0.319 e. The van der Waals surface area contributed by atoms with Crippen LogP contribution < -0.4 is 15.5 Å². The fourth-order valence-electron chi connectivity index (χ4n) is 3.28. The lowest BCUT2D eigenvalue weighted by Gasteiger charge is -2.34. The van der Waals surface area contributed by atoms with Crippen molar-refractivity contribution in [3.8, 4) is 11.4 Å². The molecule has 0 radical (unpaired) electrons. The number of aliphatic hydroxyl groups excluding tert-OH is 1.